The molecule has 1 heterocycles. The van der Waals surface area contributed by atoms with Crippen LogP contribution in [0.3, 0.4) is 0 Å². The van der Waals surface area contributed by atoms with Crippen LogP contribution in [0.1, 0.15) is 13.3 Å². The molecule has 0 aromatic heterocycles. The monoisotopic (exact) mass is 286 g/mol. The number of carbonyl (C=O) groups excluding carboxylic acids is 1. The second kappa shape index (κ2) is 4.41. The Morgan fingerprint density at radius 2 is 2.31 bits per heavy atom. The predicted octanol–water partition coefficient (Wildman–Crippen LogP) is 2.76. The first-order valence-electron chi connectivity index (χ1n) is 5.15. The van der Waals surface area contributed by atoms with Crippen molar-refractivity contribution in [2.45, 2.75) is 13.3 Å². The smallest absolute Gasteiger partial charge is 0.226 e. The van der Waals surface area contributed by atoms with Crippen molar-refractivity contribution in [1.29, 1.82) is 0 Å². The first kappa shape index (κ1) is 11.4. The van der Waals surface area contributed by atoms with Crippen molar-refractivity contribution in [2.24, 2.45) is 0 Å². The Labute approximate surface area is 102 Å². The number of hydrogen-bond donors (Lipinski definition) is 1. The van der Waals surface area contributed by atoms with E-state index in [1.54, 1.807) is 6.07 Å². The second-order valence-electron chi connectivity index (χ2n) is 3.66. The summed E-state index contributed by atoms with van der Waals surface area (Å²) in [5.74, 6) is -0.434. The van der Waals surface area contributed by atoms with Gasteiger partial charge in [-0.15, -0.1) is 0 Å². The normalized spacial score (nSPS) is 15.4. The molecule has 0 fully saturated rings. The summed E-state index contributed by atoms with van der Waals surface area (Å²) in [5.41, 5.74) is 1.41. The summed E-state index contributed by atoms with van der Waals surface area (Å²) >= 11 is 3.16. The van der Waals surface area contributed by atoms with Crippen molar-refractivity contribution in [1.82, 2.24) is 0 Å². The van der Waals surface area contributed by atoms with Crippen LogP contribution in [0.25, 0.3) is 0 Å². The lowest BCUT2D eigenvalue weighted by atomic mass is 10.2. The van der Waals surface area contributed by atoms with Gasteiger partial charge in [-0.1, -0.05) is 0 Å². The zero-order valence-electron chi connectivity index (χ0n) is 8.89. The molecule has 0 bridgehead atoms. The van der Waals surface area contributed by atoms with Gasteiger partial charge in [0.2, 0.25) is 5.91 Å². The first-order chi connectivity index (χ1) is 7.61. The van der Waals surface area contributed by atoms with Crippen LogP contribution in [0.5, 0.6) is 0 Å². The Morgan fingerprint density at radius 3 is 3.00 bits per heavy atom. The van der Waals surface area contributed by atoms with E-state index in [-0.39, 0.29) is 11.7 Å². The molecule has 0 saturated heterocycles. The maximum Gasteiger partial charge on any atom is 0.226 e. The number of hydrogen-bond acceptors (Lipinski definition) is 2. The highest BCUT2D eigenvalue weighted by atomic mass is 79.9. The van der Waals surface area contributed by atoms with E-state index in [0.29, 0.717) is 23.1 Å². The van der Waals surface area contributed by atoms with Gasteiger partial charge in [-0.25, -0.2) is 4.39 Å². The van der Waals surface area contributed by atoms with Crippen molar-refractivity contribution in [2.75, 3.05) is 23.3 Å². The molecule has 0 aliphatic carbocycles. The zero-order chi connectivity index (χ0) is 11.7. The Morgan fingerprint density at radius 1 is 1.56 bits per heavy atom. The Kier molecular flexibility index (Phi) is 3.14. The second-order valence-corrected chi connectivity index (χ2v) is 4.52. The van der Waals surface area contributed by atoms with Gasteiger partial charge in [-0.2, -0.15) is 0 Å². The summed E-state index contributed by atoms with van der Waals surface area (Å²) in [6, 6.07) is 3.06. The van der Waals surface area contributed by atoms with Gasteiger partial charge in [0.1, 0.15) is 5.82 Å². The molecule has 1 N–H and O–H groups in total. The van der Waals surface area contributed by atoms with E-state index in [9.17, 15) is 9.18 Å². The molecule has 0 atom stereocenters. The molecule has 86 valence electrons. The Bertz CT molecular complexity index is 436. The highest BCUT2D eigenvalue weighted by molar-refractivity contribution is 9.10. The zero-order valence-corrected chi connectivity index (χ0v) is 10.5. The first-order valence-corrected chi connectivity index (χ1v) is 5.95. The van der Waals surface area contributed by atoms with Crippen LogP contribution in [0.4, 0.5) is 15.8 Å². The fourth-order valence-electron chi connectivity index (χ4n) is 1.80. The Hall–Kier alpha value is -1.10. The van der Waals surface area contributed by atoms with Gasteiger partial charge in [-0.05, 0) is 28.9 Å². The molecular weight excluding hydrogens is 275 g/mol. The molecule has 1 aliphatic rings. The fourth-order valence-corrected chi connectivity index (χ4v) is 2.13. The van der Waals surface area contributed by atoms with E-state index in [4.69, 9.17) is 0 Å². The van der Waals surface area contributed by atoms with Gasteiger partial charge in [0.15, 0.2) is 0 Å². The predicted molar refractivity (Wildman–Crippen MR) is 65.2 cm³/mol. The molecule has 0 spiro atoms. The van der Waals surface area contributed by atoms with Gasteiger partial charge in [0, 0.05) is 25.6 Å². The van der Waals surface area contributed by atoms with Crippen LogP contribution in [0.2, 0.25) is 0 Å². The average Bonchev–Trinajstić information content (AvgIpc) is 2.38. The maximum absolute atomic E-state index is 13.4. The number of nitrogens with one attached hydrogen (secondary N) is 1. The number of halogens is 2. The molecule has 1 amide bonds. The Balaban J connectivity index is 2.51. The summed E-state index contributed by atoms with van der Waals surface area (Å²) in [4.78, 5) is 13.5. The van der Waals surface area contributed by atoms with E-state index < -0.39 is 0 Å². The molecule has 16 heavy (non-hydrogen) atoms. The van der Waals surface area contributed by atoms with Crippen molar-refractivity contribution < 1.29 is 9.18 Å². The third-order valence-corrected chi connectivity index (χ3v) is 3.25. The lowest BCUT2D eigenvalue weighted by molar-refractivity contribution is -0.115. The number of anilines is 2. The summed E-state index contributed by atoms with van der Waals surface area (Å²) in [6.07, 6.45) is 0.432. The van der Waals surface area contributed by atoms with Gasteiger partial charge in [0.05, 0.1) is 15.8 Å². The molecule has 1 aromatic carbocycles. The third-order valence-electron chi connectivity index (χ3n) is 2.64. The van der Waals surface area contributed by atoms with E-state index in [0.717, 1.165) is 12.2 Å². The van der Waals surface area contributed by atoms with Crippen LogP contribution in [-0.4, -0.2) is 19.0 Å². The minimum absolute atomic E-state index is 0.0704. The number of rotatable bonds is 1. The molecule has 1 aromatic rings. The number of fused-ring (bicyclic) bond motifs is 1. The van der Waals surface area contributed by atoms with Gasteiger partial charge < -0.3 is 10.2 Å². The summed E-state index contributed by atoms with van der Waals surface area (Å²) in [7, 11) is 0. The SMILES string of the molecule is CCN1CCC(=O)Nc2cc(F)c(Br)cc21. The number of amides is 1. The van der Waals surface area contributed by atoms with Crippen LogP contribution in [0, 0.1) is 5.82 Å². The molecule has 0 unspecified atom stereocenters. The molecule has 3 nitrogen and oxygen atoms in total. The van der Waals surface area contributed by atoms with Crippen molar-refractivity contribution >= 4 is 33.2 Å². The lowest BCUT2D eigenvalue weighted by Crippen LogP contribution is -2.23. The maximum atomic E-state index is 13.4. The van der Waals surface area contributed by atoms with E-state index in [1.165, 1.54) is 6.07 Å². The van der Waals surface area contributed by atoms with Crippen LogP contribution >= 0.6 is 15.9 Å². The van der Waals surface area contributed by atoms with Crippen molar-refractivity contribution in [3.63, 3.8) is 0 Å². The van der Waals surface area contributed by atoms with Crippen LogP contribution < -0.4 is 10.2 Å². The minimum atomic E-state index is -0.364. The van der Waals surface area contributed by atoms with Crippen LogP contribution in [-0.2, 0) is 4.79 Å². The number of benzene rings is 1. The topological polar surface area (TPSA) is 32.3 Å². The van der Waals surface area contributed by atoms with E-state index in [1.807, 2.05) is 6.92 Å². The highest BCUT2D eigenvalue weighted by Gasteiger charge is 2.19. The molecule has 1 aliphatic heterocycles. The molecule has 5 heteroatoms. The quantitative estimate of drug-likeness (QED) is 0.861. The summed E-state index contributed by atoms with van der Waals surface area (Å²) < 4.78 is 13.8. The minimum Gasteiger partial charge on any atom is -0.370 e. The van der Waals surface area contributed by atoms with E-state index >= 15 is 0 Å². The van der Waals surface area contributed by atoms with Gasteiger partial charge in [0.25, 0.3) is 0 Å². The number of carbonyl (C=O) groups is 1. The van der Waals surface area contributed by atoms with E-state index in [2.05, 4.69) is 26.1 Å². The number of nitrogens with zero attached hydrogens (tertiary/aromatic N) is 1. The standard InChI is InChI=1S/C11H12BrFN2O/c1-2-15-4-3-11(16)14-9-6-8(13)7(12)5-10(9)15/h5-6H,2-4H2,1H3,(H,14,16). The van der Waals surface area contributed by atoms with Crippen LogP contribution in [0.15, 0.2) is 16.6 Å². The molecule has 0 saturated carbocycles. The highest BCUT2D eigenvalue weighted by Crippen LogP contribution is 2.33. The molecule has 2 rings (SSSR count). The largest absolute Gasteiger partial charge is 0.370 e. The lowest BCUT2D eigenvalue weighted by Gasteiger charge is -2.22. The molecular formula is C11H12BrFN2O. The average molecular weight is 287 g/mol. The van der Waals surface area contributed by atoms with Gasteiger partial charge >= 0.3 is 0 Å². The summed E-state index contributed by atoms with van der Waals surface area (Å²) in [5, 5.41) is 2.71. The summed E-state index contributed by atoms with van der Waals surface area (Å²) in [6.45, 7) is 3.46. The third kappa shape index (κ3) is 2.04. The van der Waals surface area contributed by atoms with Crippen molar-refractivity contribution in [3.05, 3.63) is 22.4 Å². The van der Waals surface area contributed by atoms with Crippen molar-refractivity contribution in [3.8, 4) is 0 Å². The van der Waals surface area contributed by atoms with Gasteiger partial charge in [-0.3, -0.25) is 4.79 Å². The fraction of sp³-hybridized carbons (Fsp3) is 0.364. The molecule has 0 radical (unpaired) electrons.